The van der Waals surface area contributed by atoms with Gasteiger partial charge in [-0.05, 0) is 12.1 Å². The Morgan fingerprint density at radius 1 is 1.33 bits per heavy atom. The molecule has 2 aromatic rings. The van der Waals surface area contributed by atoms with Gasteiger partial charge in [-0.25, -0.2) is 0 Å². The molecule has 0 radical (unpaired) electrons. The van der Waals surface area contributed by atoms with Gasteiger partial charge in [-0.15, -0.1) is 10.2 Å². The smallest absolute Gasteiger partial charge is 0.182 e. The SMILES string of the molecule is CCNCc1ccc(C(=O)Cc2nn[nH]n2)cc1. The second kappa shape index (κ2) is 6.02. The predicted octanol–water partition coefficient (Wildman–Crippen LogP) is 0.735. The number of hydrogen-bond acceptors (Lipinski definition) is 5. The Labute approximate surface area is 105 Å². The van der Waals surface area contributed by atoms with E-state index in [1.807, 2.05) is 24.3 Å². The Hall–Kier alpha value is -2.08. The number of H-pyrrole nitrogens is 1. The molecule has 6 nitrogen and oxygen atoms in total. The van der Waals surface area contributed by atoms with Crippen molar-refractivity contribution in [2.75, 3.05) is 6.54 Å². The molecule has 0 aliphatic rings. The minimum atomic E-state index is -0.00796. The van der Waals surface area contributed by atoms with Crippen molar-refractivity contribution in [2.45, 2.75) is 19.9 Å². The molecule has 1 heterocycles. The first-order valence-corrected chi connectivity index (χ1v) is 5.84. The van der Waals surface area contributed by atoms with E-state index in [-0.39, 0.29) is 12.2 Å². The van der Waals surface area contributed by atoms with Crippen molar-refractivity contribution in [3.8, 4) is 0 Å². The average molecular weight is 245 g/mol. The number of Topliss-reactive ketones (excluding diaryl/α,β-unsaturated/α-hetero) is 1. The molecule has 0 fully saturated rings. The Morgan fingerprint density at radius 3 is 2.72 bits per heavy atom. The lowest BCUT2D eigenvalue weighted by molar-refractivity contribution is 0.0991. The number of nitrogens with one attached hydrogen (secondary N) is 2. The Bertz CT molecular complexity index is 492. The number of aromatic nitrogens is 4. The zero-order chi connectivity index (χ0) is 12.8. The average Bonchev–Trinajstić information content (AvgIpc) is 2.89. The third kappa shape index (κ3) is 3.21. The van der Waals surface area contributed by atoms with E-state index < -0.39 is 0 Å². The number of rotatable bonds is 6. The van der Waals surface area contributed by atoms with Crippen molar-refractivity contribution in [3.05, 3.63) is 41.2 Å². The van der Waals surface area contributed by atoms with Crippen molar-refractivity contribution < 1.29 is 4.79 Å². The molecule has 0 aliphatic heterocycles. The van der Waals surface area contributed by atoms with Gasteiger partial charge in [0.05, 0.1) is 6.42 Å². The lowest BCUT2D eigenvalue weighted by Gasteiger charge is -2.03. The van der Waals surface area contributed by atoms with Crippen LogP contribution in [0.2, 0.25) is 0 Å². The van der Waals surface area contributed by atoms with E-state index in [1.165, 1.54) is 0 Å². The summed E-state index contributed by atoms with van der Waals surface area (Å²) in [5.74, 6) is 0.406. The van der Waals surface area contributed by atoms with Crippen molar-refractivity contribution >= 4 is 5.78 Å². The molecule has 18 heavy (non-hydrogen) atoms. The lowest BCUT2D eigenvalue weighted by atomic mass is 10.1. The maximum atomic E-state index is 11.9. The van der Waals surface area contributed by atoms with Gasteiger partial charge >= 0.3 is 0 Å². The van der Waals surface area contributed by atoms with Gasteiger partial charge < -0.3 is 5.32 Å². The van der Waals surface area contributed by atoms with Gasteiger partial charge in [0.15, 0.2) is 11.6 Å². The molecule has 1 aromatic carbocycles. The fourth-order valence-corrected chi connectivity index (χ4v) is 1.58. The zero-order valence-electron chi connectivity index (χ0n) is 10.2. The van der Waals surface area contributed by atoms with Crippen LogP contribution in [0.4, 0.5) is 0 Å². The van der Waals surface area contributed by atoms with Gasteiger partial charge in [-0.2, -0.15) is 5.21 Å². The van der Waals surface area contributed by atoms with Crippen LogP contribution < -0.4 is 5.32 Å². The van der Waals surface area contributed by atoms with E-state index in [9.17, 15) is 4.79 Å². The Balaban J connectivity index is 1.98. The number of nitrogens with zero attached hydrogens (tertiary/aromatic N) is 3. The van der Waals surface area contributed by atoms with Crippen LogP contribution in [0.15, 0.2) is 24.3 Å². The molecule has 6 heteroatoms. The van der Waals surface area contributed by atoms with Crippen molar-refractivity contribution in [2.24, 2.45) is 0 Å². The fraction of sp³-hybridized carbons (Fsp3) is 0.333. The van der Waals surface area contributed by atoms with Crippen molar-refractivity contribution in [1.82, 2.24) is 25.9 Å². The van der Waals surface area contributed by atoms with Gasteiger partial charge in [0, 0.05) is 12.1 Å². The van der Waals surface area contributed by atoms with Crippen LogP contribution in [0.1, 0.15) is 28.7 Å². The third-order valence-corrected chi connectivity index (χ3v) is 2.56. The Kier molecular flexibility index (Phi) is 4.14. The lowest BCUT2D eigenvalue weighted by Crippen LogP contribution is -2.12. The summed E-state index contributed by atoms with van der Waals surface area (Å²) in [6, 6.07) is 7.56. The monoisotopic (exact) mass is 245 g/mol. The number of ketones is 1. The first-order valence-electron chi connectivity index (χ1n) is 5.84. The number of benzene rings is 1. The van der Waals surface area contributed by atoms with E-state index in [0.717, 1.165) is 18.7 Å². The quantitative estimate of drug-likeness (QED) is 0.733. The number of carbonyl (C=O) groups excluding carboxylic acids is 1. The third-order valence-electron chi connectivity index (χ3n) is 2.56. The van der Waals surface area contributed by atoms with Crippen LogP contribution in [0.25, 0.3) is 0 Å². The fourth-order valence-electron chi connectivity index (χ4n) is 1.58. The van der Waals surface area contributed by atoms with Crippen LogP contribution >= 0.6 is 0 Å². The summed E-state index contributed by atoms with van der Waals surface area (Å²) in [6.45, 7) is 3.80. The highest BCUT2D eigenvalue weighted by atomic mass is 16.1. The van der Waals surface area contributed by atoms with Gasteiger partial charge in [0.25, 0.3) is 0 Å². The highest BCUT2D eigenvalue weighted by molar-refractivity contribution is 5.97. The summed E-state index contributed by atoms with van der Waals surface area (Å²) in [5, 5.41) is 16.5. The molecular formula is C12H15N5O. The van der Waals surface area contributed by atoms with Gasteiger partial charge in [-0.1, -0.05) is 36.4 Å². The summed E-state index contributed by atoms with van der Waals surface area (Å²) in [7, 11) is 0. The number of hydrogen-bond donors (Lipinski definition) is 2. The summed E-state index contributed by atoms with van der Waals surface area (Å²) >= 11 is 0. The largest absolute Gasteiger partial charge is 0.313 e. The highest BCUT2D eigenvalue weighted by Gasteiger charge is 2.09. The van der Waals surface area contributed by atoms with E-state index >= 15 is 0 Å². The van der Waals surface area contributed by atoms with Gasteiger partial charge in [0.2, 0.25) is 0 Å². The molecule has 0 saturated carbocycles. The second-order valence-corrected chi connectivity index (χ2v) is 3.91. The normalized spacial score (nSPS) is 10.5. The van der Waals surface area contributed by atoms with E-state index in [0.29, 0.717) is 11.4 Å². The molecule has 0 amide bonds. The maximum absolute atomic E-state index is 11.9. The van der Waals surface area contributed by atoms with Crippen LogP contribution in [0.5, 0.6) is 0 Å². The molecule has 2 N–H and O–H groups in total. The van der Waals surface area contributed by atoms with Gasteiger partial charge in [0.1, 0.15) is 0 Å². The van der Waals surface area contributed by atoms with Crippen LogP contribution in [0.3, 0.4) is 0 Å². The summed E-state index contributed by atoms with van der Waals surface area (Å²) in [4.78, 5) is 11.9. The zero-order valence-corrected chi connectivity index (χ0v) is 10.2. The molecule has 0 bridgehead atoms. The molecule has 0 atom stereocenters. The van der Waals surface area contributed by atoms with E-state index in [2.05, 4.69) is 32.9 Å². The molecular weight excluding hydrogens is 230 g/mol. The standard InChI is InChI=1S/C12H15N5O/c1-2-13-8-9-3-5-10(6-4-9)11(18)7-12-14-16-17-15-12/h3-6,13H,2,7-8H2,1H3,(H,14,15,16,17). The maximum Gasteiger partial charge on any atom is 0.182 e. The molecule has 2 rings (SSSR count). The second-order valence-electron chi connectivity index (χ2n) is 3.91. The molecule has 0 spiro atoms. The summed E-state index contributed by atoms with van der Waals surface area (Å²) < 4.78 is 0. The first-order chi connectivity index (χ1) is 8.79. The van der Waals surface area contributed by atoms with Crippen LogP contribution in [-0.4, -0.2) is 33.0 Å². The number of tetrazole rings is 1. The first kappa shape index (κ1) is 12.4. The minimum Gasteiger partial charge on any atom is -0.313 e. The molecule has 0 saturated heterocycles. The molecule has 0 aliphatic carbocycles. The van der Waals surface area contributed by atoms with Crippen molar-refractivity contribution in [1.29, 1.82) is 0 Å². The topological polar surface area (TPSA) is 83.6 Å². The predicted molar refractivity (Wildman–Crippen MR) is 66.0 cm³/mol. The Morgan fingerprint density at radius 2 is 2.11 bits per heavy atom. The summed E-state index contributed by atoms with van der Waals surface area (Å²) in [6.07, 6.45) is 0.170. The van der Waals surface area contributed by atoms with E-state index in [1.54, 1.807) is 0 Å². The van der Waals surface area contributed by atoms with E-state index in [4.69, 9.17) is 0 Å². The summed E-state index contributed by atoms with van der Waals surface area (Å²) in [5.41, 5.74) is 1.83. The highest BCUT2D eigenvalue weighted by Crippen LogP contribution is 2.07. The van der Waals surface area contributed by atoms with Crippen LogP contribution in [0, 0.1) is 0 Å². The van der Waals surface area contributed by atoms with Crippen molar-refractivity contribution in [3.63, 3.8) is 0 Å². The number of aromatic amines is 1. The minimum absolute atomic E-state index is 0.00796. The molecule has 94 valence electrons. The number of carbonyl (C=O) groups is 1. The van der Waals surface area contributed by atoms with Gasteiger partial charge in [-0.3, -0.25) is 4.79 Å². The molecule has 1 aromatic heterocycles. The van der Waals surface area contributed by atoms with Crippen LogP contribution in [-0.2, 0) is 13.0 Å². The molecule has 0 unspecified atom stereocenters.